The Hall–Kier alpha value is -3.02. The monoisotopic (exact) mass is 536 g/mol. The number of aliphatic hydroxyl groups is 3. The lowest BCUT2D eigenvalue weighted by molar-refractivity contribution is -0.134. The molecule has 1 heterocycles. The van der Waals surface area contributed by atoms with Crippen molar-refractivity contribution in [3.63, 3.8) is 0 Å². The van der Waals surface area contributed by atoms with Gasteiger partial charge in [-0.1, -0.05) is 37.6 Å². The Morgan fingerprint density at radius 3 is 2.63 bits per heavy atom. The van der Waals surface area contributed by atoms with Crippen LogP contribution in [0, 0.1) is 0 Å². The number of aliphatic hydroxyl groups excluding tert-OH is 3. The molecule has 1 aliphatic rings. The van der Waals surface area contributed by atoms with Gasteiger partial charge in [0.15, 0.2) is 0 Å². The highest BCUT2D eigenvalue weighted by atomic mass is 16.3. The number of rotatable bonds is 12. The first-order chi connectivity index (χ1) is 18.0. The summed E-state index contributed by atoms with van der Waals surface area (Å²) in [4.78, 5) is 49.7. The van der Waals surface area contributed by atoms with E-state index in [4.69, 9.17) is 0 Å². The molecule has 7 N–H and O–H groups in total. The molecule has 0 fully saturated rings. The molecule has 1 rings (SSSR count). The zero-order valence-corrected chi connectivity index (χ0v) is 22.6. The van der Waals surface area contributed by atoms with E-state index in [2.05, 4.69) is 21.3 Å². The van der Waals surface area contributed by atoms with Gasteiger partial charge in [0, 0.05) is 31.2 Å². The van der Waals surface area contributed by atoms with Gasteiger partial charge in [0.05, 0.1) is 18.3 Å². The summed E-state index contributed by atoms with van der Waals surface area (Å²) in [5, 5.41) is 40.2. The van der Waals surface area contributed by atoms with Crippen LogP contribution in [0.5, 0.6) is 0 Å². The van der Waals surface area contributed by atoms with Gasteiger partial charge in [-0.3, -0.25) is 19.2 Å². The Morgan fingerprint density at radius 2 is 1.95 bits per heavy atom. The predicted molar refractivity (Wildman–Crippen MR) is 144 cm³/mol. The van der Waals surface area contributed by atoms with Crippen molar-refractivity contribution in [3.05, 3.63) is 36.5 Å². The fraction of sp³-hybridized carbons (Fsp3) is 0.630. The maximum atomic E-state index is 12.9. The second-order valence-corrected chi connectivity index (χ2v) is 9.55. The third kappa shape index (κ3) is 14.1. The standard InChI is InChI=1S/C27H44N4O7/c1-4-20(33)11-9-7-5-6-8-10-12-24(36)31-25(19(3)32)27(38)30-22-17-21(34)15-16-28-23(35)14-13-18(2)29-26(22)37/h6,8,10,12-14,18-22,25,32-34H,4-5,7,9,11,15-17H2,1-3H3,(H,28,35)(H,29,37)(H,30,38)(H,31,36)/b8-6+,12-10+,14-13-. The van der Waals surface area contributed by atoms with Crippen molar-refractivity contribution in [1.29, 1.82) is 0 Å². The van der Waals surface area contributed by atoms with Crippen LogP contribution in [-0.4, -0.2) is 81.9 Å². The SMILES string of the molecule is CCC(O)CCCC/C=C/C=C/C(=O)NC(C(=O)NC1CC(O)CCNC(=O)/C=C\C(C)NC1=O)C(C)O. The van der Waals surface area contributed by atoms with Crippen LogP contribution in [0.15, 0.2) is 36.5 Å². The molecule has 0 saturated carbocycles. The minimum absolute atomic E-state index is 0.119. The molecule has 0 aliphatic carbocycles. The molecule has 0 aromatic carbocycles. The molecule has 0 aromatic heterocycles. The molecule has 6 unspecified atom stereocenters. The van der Waals surface area contributed by atoms with E-state index in [0.717, 1.165) is 32.1 Å². The molecule has 38 heavy (non-hydrogen) atoms. The fourth-order valence-electron chi connectivity index (χ4n) is 3.68. The van der Waals surface area contributed by atoms with Gasteiger partial charge in [-0.25, -0.2) is 0 Å². The molecule has 0 bridgehead atoms. The second kappa shape index (κ2) is 18.3. The van der Waals surface area contributed by atoms with Crippen LogP contribution < -0.4 is 21.3 Å². The van der Waals surface area contributed by atoms with Crippen LogP contribution in [0.3, 0.4) is 0 Å². The van der Waals surface area contributed by atoms with Gasteiger partial charge in [0.1, 0.15) is 12.1 Å². The summed E-state index contributed by atoms with van der Waals surface area (Å²) in [5.74, 6) is -2.28. The average Bonchev–Trinajstić information content (AvgIpc) is 2.86. The van der Waals surface area contributed by atoms with Gasteiger partial charge >= 0.3 is 0 Å². The van der Waals surface area contributed by atoms with Crippen molar-refractivity contribution in [1.82, 2.24) is 21.3 Å². The molecule has 0 saturated heterocycles. The number of unbranched alkanes of at least 4 members (excludes halogenated alkanes) is 2. The van der Waals surface area contributed by atoms with Gasteiger partial charge in [-0.05, 0) is 46.0 Å². The zero-order valence-electron chi connectivity index (χ0n) is 22.6. The van der Waals surface area contributed by atoms with Gasteiger partial charge < -0.3 is 36.6 Å². The first-order valence-corrected chi connectivity index (χ1v) is 13.3. The van der Waals surface area contributed by atoms with Crippen molar-refractivity contribution in [3.8, 4) is 0 Å². The van der Waals surface area contributed by atoms with Crippen molar-refractivity contribution in [2.24, 2.45) is 0 Å². The molecule has 0 spiro atoms. The summed E-state index contributed by atoms with van der Waals surface area (Å²) >= 11 is 0. The molecule has 1 aliphatic heterocycles. The van der Waals surface area contributed by atoms with E-state index < -0.39 is 48.1 Å². The summed E-state index contributed by atoms with van der Waals surface area (Å²) in [6.45, 7) is 5.13. The summed E-state index contributed by atoms with van der Waals surface area (Å²) in [5.41, 5.74) is 0. The number of hydrogen-bond acceptors (Lipinski definition) is 7. The van der Waals surface area contributed by atoms with E-state index in [1.54, 1.807) is 13.0 Å². The van der Waals surface area contributed by atoms with E-state index in [1.165, 1.54) is 31.2 Å². The highest BCUT2D eigenvalue weighted by molar-refractivity contribution is 5.95. The number of allylic oxidation sites excluding steroid dienone is 3. The molecule has 214 valence electrons. The molecule has 0 aromatic rings. The lowest BCUT2D eigenvalue weighted by Crippen LogP contribution is -2.58. The number of hydrogen-bond donors (Lipinski definition) is 7. The van der Waals surface area contributed by atoms with Crippen LogP contribution in [0.1, 0.15) is 65.7 Å². The topological polar surface area (TPSA) is 177 Å². The van der Waals surface area contributed by atoms with E-state index in [0.29, 0.717) is 0 Å². The van der Waals surface area contributed by atoms with E-state index in [-0.39, 0.29) is 31.4 Å². The quantitative estimate of drug-likeness (QED) is 0.105. The second-order valence-electron chi connectivity index (χ2n) is 9.55. The largest absolute Gasteiger partial charge is 0.393 e. The summed E-state index contributed by atoms with van der Waals surface area (Å²) in [6.07, 6.45) is 10.8. The third-order valence-electron chi connectivity index (χ3n) is 6.01. The summed E-state index contributed by atoms with van der Waals surface area (Å²) in [6, 6.07) is -2.97. The summed E-state index contributed by atoms with van der Waals surface area (Å²) in [7, 11) is 0. The van der Waals surface area contributed by atoms with Crippen LogP contribution >= 0.6 is 0 Å². The average molecular weight is 537 g/mol. The third-order valence-corrected chi connectivity index (χ3v) is 6.01. The lowest BCUT2D eigenvalue weighted by Gasteiger charge is -2.26. The predicted octanol–water partition coefficient (Wildman–Crippen LogP) is 0.112. The van der Waals surface area contributed by atoms with Crippen LogP contribution in [0.2, 0.25) is 0 Å². The molecule has 0 radical (unpaired) electrons. The smallest absolute Gasteiger partial charge is 0.245 e. The van der Waals surface area contributed by atoms with E-state index in [1.807, 2.05) is 13.0 Å². The number of nitrogens with one attached hydrogen (secondary N) is 4. The normalized spacial score (nSPS) is 24.4. The molecular weight excluding hydrogens is 492 g/mol. The van der Waals surface area contributed by atoms with Crippen molar-refractivity contribution < 1.29 is 34.5 Å². The number of carbonyl (C=O) groups is 4. The van der Waals surface area contributed by atoms with Crippen molar-refractivity contribution in [2.45, 2.75) is 102 Å². The van der Waals surface area contributed by atoms with E-state index in [9.17, 15) is 34.5 Å². The maximum Gasteiger partial charge on any atom is 0.245 e. The zero-order chi connectivity index (χ0) is 28.5. The maximum absolute atomic E-state index is 12.9. The Bertz CT molecular complexity index is 856. The molecule has 11 nitrogen and oxygen atoms in total. The molecule has 4 amide bonds. The highest BCUT2D eigenvalue weighted by Crippen LogP contribution is 2.07. The van der Waals surface area contributed by atoms with Crippen LogP contribution in [0.4, 0.5) is 0 Å². The number of amides is 4. The van der Waals surface area contributed by atoms with Crippen LogP contribution in [0.25, 0.3) is 0 Å². The fourth-order valence-corrected chi connectivity index (χ4v) is 3.68. The van der Waals surface area contributed by atoms with E-state index >= 15 is 0 Å². The summed E-state index contributed by atoms with van der Waals surface area (Å²) < 4.78 is 0. The highest BCUT2D eigenvalue weighted by Gasteiger charge is 2.31. The van der Waals surface area contributed by atoms with Gasteiger partial charge in [-0.15, -0.1) is 0 Å². The van der Waals surface area contributed by atoms with Crippen molar-refractivity contribution >= 4 is 23.6 Å². The Labute approximate surface area is 224 Å². The molecular formula is C27H44N4O7. The van der Waals surface area contributed by atoms with Gasteiger partial charge in [0.25, 0.3) is 0 Å². The first kappa shape index (κ1) is 33.0. The minimum Gasteiger partial charge on any atom is -0.393 e. The van der Waals surface area contributed by atoms with Crippen LogP contribution in [-0.2, 0) is 19.2 Å². The Kier molecular flexibility index (Phi) is 15.9. The van der Waals surface area contributed by atoms with Gasteiger partial charge in [-0.2, -0.15) is 0 Å². The molecule has 11 heteroatoms. The molecule has 6 atom stereocenters. The van der Waals surface area contributed by atoms with Crippen molar-refractivity contribution in [2.75, 3.05) is 6.54 Å². The first-order valence-electron chi connectivity index (χ1n) is 13.3. The van der Waals surface area contributed by atoms with Gasteiger partial charge in [0.2, 0.25) is 23.6 Å². The number of carbonyl (C=O) groups excluding carboxylic acids is 4. The Balaban J connectivity index is 2.71. The minimum atomic E-state index is -1.33. The lowest BCUT2D eigenvalue weighted by atomic mass is 10.0. The Morgan fingerprint density at radius 1 is 1.21 bits per heavy atom.